The van der Waals surface area contributed by atoms with Gasteiger partial charge in [0, 0.05) is 11.3 Å². The van der Waals surface area contributed by atoms with E-state index in [0.717, 1.165) is 25.8 Å². The van der Waals surface area contributed by atoms with Crippen molar-refractivity contribution >= 4 is 11.3 Å². The van der Waals surface area contributed by atoms with Crippen molar-refractivity contribution in [3.63, 3.8) is 0 Å². The quantitative estimate of drug-likeness (QED) is 0.918. The van der Waals surface area contributed by atoms with E-state index in [2.05, 4.69) is 39.9 Å². The first-order valence-corrected chi connectivity index (χ1v) is 9.06. The molecule has 118 valence electrons. The molecule has 1 atom stereocenters. The van der Waals surface area contributed by atoms with Gasteiger partial charge in [0.25, 0.3) is 0 Å². The highest BCUT2D eigenvalue weighted by molar-refractivity contribution is 7.12. The Morgan fingerprint density at radius 2 is 2.00 bits per heavy atom. The molecule has 0 bridgehead atoms. The van der Waals surface area contributed by atoms with Gasteiger partial charge in [-0.05, 0) is 59.9 Å². The molecule has 1 N–H and O–H groups in total. The van der Waals surface area contributed by atoms with Crippen molar-refractivity contribution < 1.29 is 4.74 Å². The van der Waals surface area contributed by atoms with Crippen LogP contribution in [0.4, 0.5) is 0 Å². The molecular formula is C17H28N2OS. The van der Waals surface area contributed by atoms with E-state index in [9.17, 15) is 0 Å². The van der Waals surface area contributed by atoms with Gasteiger partial charge in [-0.25, -0.2) is 4.98 Å². The molecule has 1 saturated heterocycles. The second kappa shape index (κ2) is 5.04. The second-order valence-electron chi connectivity index (χ2n) is 7.62. The molecule has 0 radical (unpaired) electrons. The van der Waals surface area contributed by atoms with Crippen LogP contribution in [0, 0.1) is 0 Å². The van der Waals surface area contributed by atoms with Crippen molar-refractivity contribution in [3.05, 3.63) is 15.6 Å². The van der Waals surface area contributed by atoms with Gasteiger partial charge in [0.2, 0.25) is 0 Å². The van der Waals surface area contributed by atoms with E-state index in [4.69, 9.17) is 9.72 Å². The highest BCUT2D eigenvalue weighted by atomic mass is 32.1. The Balaban J connectivity index is 2.04. The lowest BCUT2D eigenvalue weighted by atomic mass is 9.79. The van der Waals surface area contributed by atoms with Crippen LogP contribution in [0.5, 0.6) is 0 Å². The predicted molar refractivity (Wildman–Crippen MR) is 88.0 cm³/mol. The second-order valence-corrected chi connectivity index (χ2v) is 8.71. The zero-order valence-electron chi connectivity index (χ0n) is 14.0. The van der Waals surface area contributed by atoms with Gasteiger partial charge in [0.1, 0.15) is 10.5 Å². The summed E-state index contributed by atoms with van der Waals surface area (Å²) in [5.74, 6) is 0. The van der Waals surface area contributed by atoms with Crippen LogP contribution in [0.2, 0.25) is 0 Å². The van der Waals surface area contributed by atoms with Gasteiger partial charge in [-0.2, -0.15) is 0 Å². The Labute approximate surface area is 132 Å². The number of hydrogen-bond acceptors (Lipinski definition) is 4. The summed E-state index contributed by atoms with van der Waals surface area (Å²) < 4.78 is 6.41. The van der Waals surface area contributed by atoms with Gasteiger partial charge >= 0.3 is 0 Å². The van der Waals surface area contributed by atoms with Gasteiger partial charge in [0.15, 0.2) is 0 Å². The van der Waals surface area contributed by atoms with Crippen LogP contribution in [0.3, 0.4) is 0 Å². The summed E-state index contributed by atoms with van der Waals surface area (Å²) >= 11 is 1.92. The van der Waals surface area contributed by atoms with E-state index in [-0.39, 0.29) is 16.7 Å². The molecule has 2 heterocycles. The van der Waals surface area contributed by atoms with E-state index >= 15 is 0 Å². The maximum absolute atomic E-state index is 6.41. The summed E-state index contributed by atoms with van der Waals surface area (Å²) in [6.45, 7) is 12.1. The van der Waals surface area contributed by atoms with E-state index < -0.39 is 0 Å². The number of nitrogens with zero attached hydrogens (tertiary/aromatic N) is 1. The van der Waals surface area contributed by atoms with Crippen LogP contribution in [0.25, 0.3) is 0 Å². The van der Waals surface area contributed by atoms with E-state index in [0.29, 0.717) is 0 Å². The minimum absolute atomic E-state index is 0.111. The standard InChI is InChI=1S/C17H28N2OS/c1-6-10-18-17(11-15(2,3)20-16(17,4)5)14-19-12-8-7-9-13(12)21-14/h18H,6-11H2,1-5H3. The zero-order chi connectivity index (χ0) is 15.3. The summed E-state index contributed by atoms with van der Waals surface area (Å²) in [6, 6.07) is 0. The number of thiazole rings is 1. The number of aryl methyl sites for hydroxylation is 2. The number of hydrogen-bond donors (Lipinski definition) is 1. The number of ether oxygens (including phenoxy) is 1. The van der Waals surface area contributed by atoms with E-state index in [1.165, 1.54) is 28.4 Å². The smallest absolute Gasteiger partial charge is 0.116 e. The Kier molecular flexibility index (Phi) is 3.70. The van der Waals surface area contributed by atoms with Crippen molar-refractivity contribution in [2.24, 2.45) is 0 Å². The molecule has 1 aromatic heterocycles. The average molecular weight is 308 g/mol. The van der Waals surface area contributed by atoms with Crippen LogP contribution in [-0.4, -0.2) is 22.7 Å². The highest BCUT2D eigenvalue weighted by Crippen LogP contribution is 2.52. The van der Waals surface area contributed by atoms with Crippen molar-refractivity contribution in [2.75, 3.05) is 6.54 Å². The topological polar surface area (TPSA) is 34.2 Å². The summed E-state index contributed by atoms with van der Waals surface area (Å²) in [5.41, 5.74) is 0.840. The van der Waals surface area contributed by atoms with E-state index in [1.54, 1.807) is 0 Å². The molecule has 3 nitrogen and oxygen atoms in total. The summed E-state index contributed by atoms with van der Waals surface area (Å²) in [7, 11) is 0. The van der Waals surface area contributed by atoms with Crippen LogP contribution in [0.15, 0.2) is 0 Å². The molecule has 1 aliphatic carbocycles. The molecule has 0 spiro atoms. The zero-order valence-corrected chi connectivity index (χ0v) is 14.8. The van der Waals surface area contributed by atoms with Crippen molar-refractivity contribution in [2.45, 2.75) is 83.5 Å². The summed E-state index contributed by atoms with van der Waals surface area (Å²) in [6.07, 6.45) is 5.75. The van der Waals surface area contributed by atoms with Crippen molar-refractivity contribution in [1.29, 1.82) is 0 Å². The van der Waals surface area contributed by atoms with Crippen LogP contribution < -0.4 is 5.32 Å². The molecule has 1 fully saturated rings. The Hall–Kier alpha value is -0.450. The van der Waals surface area contributed by atoms with Crippen molar-refractivity contribution in [3.8, 4) is 0 Å². The molecule has 1 aromatic rings. The SMILES string of the molecule is CCCNC1(c2nc3c(s2)CCC3)CC(C)(C)OC1(C)C. The monoisotopic (exact) mass is 308 g/mol. The molecule has 0 amide bonds. The molecule has 21 heavy (non-hydrogen) atoms. The number of rotatable bonds is 4. The fraction of sp³-hybridized carbons (Fsp3) is 0.824. The molecule has 2 aliphatic rings. The van der Waals surface area contributed by atoms with Crippen LogP contribution in [0.1, 0.15) is 69.5 Å². The maximum Gasteiger partial charge on any atom is 0.116 e. The van der Waals surface area contributed by atoms with E-state index in [1.807, 2.05) is 11.3 Å². The first-order chi connectivity index (χ1) is 9.80. The Bertz CT molecular complexity index is 513. The number of aromatic nitrogens is 1. The number of fused-ring (bicyclic) bond motifs is 1. The minimum atomic E-state index is -0.239. The van der Waals surface area contributed by atoms with Crippen LogP contribution >= 0.6 is 11.3 Å². The third-order valence-electron chi connectivity index (χ3n) is 4.89. The fourth-order valence-corrected chi connectivity index (χ4v) is 5.53. The molecule has 0 aromatic carbocycles. The maximum atomic E-state index is 6.41. The molecule has 1 unspecified atom stereocenters. The summed E-state index contributed by atoms with van der Waals surface area (Å²) in [5, 5.41) is 5.07. The highest BCUT2D eigenvalue weighted by Gasteiger charge is 2.59. The Morgan fingerprint density at radius 1 is 1.24 bits per heavy atom. The van der Waals surface area contributed by atoms with Gasteiger partial charge in [0.05, 0.1) is 16.9 Å². The molecule has 1 aliphatic heterocycles. The lowest BCUT2D eigenvalue weighted by molar-refractivity contribution is -0.0843. The molecular weight excluding hydrogens is 280 g/mol. The fourth-order valence-electron chi connectivity index (χ4n) is 4.06. The largest absolute Gasteiger partial charge is 0.367 e. The number of nitrogens with one attached hydrogen (secondary N) is 1. The van der Waals surface area contributed by atoms with Gasteiger partial charge in [-0.15, -0.1) is 11.3 Å². The molecule has 0 saturated carbocycles. The predicted octanol–water partition coefficient (Wildman–Crippen LogP) is 3.80. The summed E-state index contributed by atoms with van der Waals surface area (Å²) in [4.78, 5) is 6.54. The first-order valence-electron chi connectivity index (χ1n) is 8.24. The third-order valence-corrected chi connectivity index (χ3v) is 6.21. The van der Waals surface area contributed by atoms with Crippen molar-refractivity contribution in [1.82, 2.24) is 10.3 Å². The third kappa shape index (κ3) is 2.45. The van der Waals surface area contributed by atoms with Gasteiger partial charge in [-0.1, -0.05) is 6.92 Å². The lowest BCUT2D eigenvalue weighted by Gasteiger charge is -2.39. The average Bonchev–Trinajstić information content (AvgIpc) is 2.96. The Morgan fingerprint density at radius 3 is 2.57 bits per heavy atom. The minimum Gasteiger partial charge on any atom is -0.367 e. The lowest BCUT2D eigenvalue weighted by Crippen LogP contribution is -2.54. The van der Waals surface area contributed by atoms with Gasteiger partial charge < -0.3 is 10.1 Å². The normalized spacial score (nSPS) is 29.8. The van der Waals surface area contributed by atoms with Crippen LogP contribution in [-0.2, 0) is 23.1 Å². The molecule has 4 heteroatoms. The van der Waals surface area contributed by atoms with Gasteiger partial charge in [-0.3, -0.25) is 0 Å². The molecule has 3 rings (SSSR count). The first kappa shape index (κ1) is 15.4.